The smallest absolute Gasteiger partial charge is 0.282 e. The Morgan fingerprint density at radius 1 is 1.23 bits per heavy atom. The van der Waals surface area contributed by atoms with Crippen LogP contribution < -0.4 is 9.47 Å². The number of ether oxygens (including phenoxy) is 2. The number of para-hydroxylation sites is 2. The van der Waals surface area contributed by atoms with Gasteiger partial charge in [0.15, 0.2) is 11.5 Å². The number of fused-ring (bicyclic) bond motifs is 1. The summed E-state index contributed by atoms with van der Waals surface area (Å²) in [5, 5.41) is 0. The fourth-order valence-electron chi connectivity index (χ4n) is 2.85. The van der Waals surface area contributed by atoms with Crippen molar-refractivity contribution in [3.63, 3.8) is 0 Å². The first-order chi connectivity index (χ1) is 10.6. The van der Waals surface area contributed by atoms with Crippen LogP contribution in [0.3, 0.4) is 0 Å². The molecule has 0 saturated carbocycles. The molecule has 2 aliphatic heterocycles. The van der Waals surface area contributed by atoms with E-state index in [0.717, 1.165) is 12.8 Å². The lowest BCUT2D eigenvalue weighted by atomic mass is 10.2. The Morgan fingerprint density at radius 3 is 2.59 bits per heavy atom. The van der Waals surface area contributed by atoms with Gasteiger partial charge in [-0.1, -0.05) is 19.1 Å². The Bertz CT molecular complexity index is 614. The Hall–Kier alpha value is -1.31. The van der Waals surface area contributed by atoms with Crippen molar-refractivity contribution in [2.45, 2.75) is 25.9 Å². The van der Waals surface area contributed by atoms with Gasteiger partial charge in [0, 0.05) is 19.6 Å². The maximum absolute atomic E-state index is 12.6. The van der Waals surface area contributed by atoms with E-state index in [9.17, 15) is 8.42 Å². The Labute approximate surface area is 131 Å². The molecule has 6 nitrogen and oxygen atoms in total. The second-order valence-corrected chi connectivity index (χ2v) is 7.49. The van der Waals surface area contributed by atoms with Crippen LogP contribution in [0.1, 0.15) is 19.8 Å². The average Bonchev–Trinajstić information content (AvgIpc) is 3.07. The number of hydrogen-bond donors (Lipinski definition) is 0. The van der Waals surface area contributed by atoms with Gasteiger partial charge in [0.2, 0.25) is 0 Å². The Morgan fingerprint density at radius 2 is 1.91 bits per heavy atom. The second kappa shape index (κ2) is 6.44. The fraction of sp³-hybridized carbons (Fsp3) is 0.600. The van der Waals surface area contributed by atoms with E-state index in [1.807, 2.05) is 31.2 Å². The lowest BCUT2D eigenvalue weighted by molar-refractivity contribution is 0.0761. The summed E-state index contributed by atoms with van der Waals surface area (Å²) in [6, 6.07) is 7.46. The molecule has 0 spiro atoms. The number of hydrogen-bond acceptors (Lipinski definition) is 4. The molecule has 0 aromatic heterocycles. The van der Waals surface area contributed by atoms with E-state index in [1.165, 1.54) is 4.31 Å². The van der Waals surface area contributed by atoms with Gasteiger partial charge >= 0.3 is 0 Å². The highest BCUT2D eigenvalue weighted by atomic mass is 32.2. The predicted molar refractivity (Wildman–Crippen MR) is 83.3 cm³/mol. The predicted octanol–water partition coefficient (Wildman–Crippen LogP) is 1.49. The third kappa shape index (κ3) is 3.06. The molecule has 0 N–H and O–H groups in total. The molecule has 7 heteroatoms. The van der Waals surface area contributed by atoms with Gasteiger partial charge in [-0.05, 0) is 25.0 Å². The molecule has 1 atom stereocenters. The molecule has 22 heavy (non-hydrogen) atoms. The van der Waals surface area contributed by atoms with E-state index in [4.69, 9.17) is 9.47 Å². The van der Waals surface area contributed by atoms with Crippen LogP contribution in [0, 0.1) is 0 Å². The lowest BCUT2D eigenvalue weighted by Gasteiger charge is -2.32. The van der Waals surface area contributed by atoms with E-state index in [-0.39, 0.29) is 6.10 Å². The fourth-order valence-corrected chi connectivity index (χ4v) is 4.58. The molecule has 1 aromatic rings. The largest absolute Gasteiger partial charge is 0.486 e. The van der Waals surface area contributed by atoms with Crippen LogP contribution in [0.25, 0.3) is 0 Å². The van der Waals surface area contributed by atoms with Gasteiger partial charge in [0.25, 0.3) is 10.2 Å². The summed E-state index contributed by atoms with van der Waals surface area (Å²) in [4.78, 5) is 0. The van der Waals surface area contributed by atoms with E-state index in [1.54, 1.807) is 4.31 Å². The van der Waals surface area contributed by atoms with Crippen molar-refractivity contribution >= 4 is 10.2 Å². The summed E-state index contributed by atoms with van der Waals surface area (Å²) in [5.74, 6) is 1.39. The van der Waals surface area contributed by atoms with Gasteiger partial charge in [-0.15, -0.1) is 0 Å². The van der Waals surface area contributed by atoms with Crippen molar-refractivity contribution in [3.05, 3.63) is 24.3 Å². The molecule has 0 aliphatic carbocycles. The molecule has 1 saturated heterocycles. The third-order valence-electron chi connectivity index (χ3n) is 4.05. The van der Waals surface area contributed by atoms with Gasteiger partial charge < -0.3 is 9.47 Å². The summed E-state index contributed by atoms with van der Waals surface area (Å²) < 4.78 is 39.9. The quantitative estimate of drug-likeness (QED) is 0.822. The van der Waals surface area contributed by atoms with Crippen LogP contribution in [-0.4, -0.2) is 55.9 Å². The molecule has 122 valence electrons. The topological polar surface area (TPSA) is 59.1 Å². The monoisotopic (exact) mass is 326 g/mol. The molecule has 1 aromatic carbocycles. The first-order valence-corrected chi connectivity index (χ1v) is 9.14. The summed E-state index contributed by atoms with van der Waals surface area (Å²) >= 11 is 0. The minimum Gasteiger partial charge on any atom is -0.486 e. The molecule has 0 bridgehead atoms. The van der Waals surface area contributed by atoms with Crippen molar-refractivity contribution < 1.29 is 17.9 Å². The molecule has 3 rings (SSSR count). The first-order valence-electron chi connectivity index (χ1n) is 7.75. The van der Waals surface area contributed by atoms with E-state index in [2.05, 4.69) is 0 Å². The molecule has 0 amide bonds. The van der Waals surface area contributed by atoms with Gasteiger partial charge in [-0.2, -0.15) is 17.0 Å². The molecule has 0 radical (unpaired) electrons. The molecular formula is C15H22N2O4S. The SMILES string of the molecule is CCN(CC1COc2ccccc2O1)S(=O)(=O)N1CCCC1. The van der Waals surface area contributed by atoms with Crippen molar-refractivity contribution in [2.24, 2.45) is 0 Å². The minimum absolute atomic E-state index is 0.285. The highest BCUT2D eigenvalue weighted by Gasteiger charge is 2.33. The van der Waals surface area contributed by atoms with Crippen molar-refractivity contribution in [1.29, 1.82) is 0 Å². The van der Waals surface area contributed by atoms with Crippen LogP contribution in [0.5, 0.6) is 11.5 Å². The summed E-state index contributed by atoms with van der Waals surface area (Å²) in [5.41, 5.74) is 0. The number of likely N-dealkylation sites (N-methyl/N-ethyl adjacent to an activating group) is 1. The molecule has 2 aliphatic rings. The average molecular weight is 326 g/mol. The van der Waals surface area contributed by atoms with E-state index in [0.29, 0.717) is 44.3 Å². The highest BCUT2D eigenvalue weighted by molar-refractivity contribution is 7.86. The van der Waals surface area contributed by atoms with Crippen LogP contribution in [0.15, 0.2) is 24.3 Å². The zero-order valence-electron chi connectivity index (χ0n) is 12.8. The Balaban J connectivity index is 1.69. The van der Waals surface area contributed by atoms with Crippen molar-refractivity contribution in [2.75, 3.05) is 32.8 Å². The zero-order valence-corrected chi connectivity index (χ0v) is 13.6. The van der Waals surface area contributed by atoms with Crippen LogP contribution in [0.4, 0.5) is 0 Å². The zero-order chi connectivity index (χ0) is 15.6. The normalized spacial score (nSPS) is 22.2. The molecule has 2 heterocycles. The van der Waals surface area contributed by atoms with Crippen molar-refractivity contribution in [1.82, 2.24) is 8.61 Å². The second-order valence-electron chi connectivity index (χ2n) is 5.56. The van der Waals surface area contributed by atoms with E-state index < -0.39 is 10.2 Å². The van der Waals surface area contributed by atoms with Gasteiger partial charge in [-0.3, -0.25) is 0 Å². The van der Waals surface area contributed by atoms with Gasteiger partial charge in [0.05, 0.1) is 6.54 Å². The van der Waals surface area contributed by atoms with Gasteiger partial charge in [0.1, 0.15) is 12.7 Å². The number of benzene rings is 1. The molecule has 1 fully saturated rings. The standard InChI is InChI=1S/C15H22N2O4S/c1-2-16(22(18,19)17-9-5-6-10-17)11-13-12-20-14-7-3-4-8-15(14)21-13/h3-4,7-8,13H,2,5-6,9-12H2,1H3. The van der Waals surface area contributed by atoms with Gasteiger partial charge in [-0.25, -0.2) is 0 Å². The molecule has 1 unspecified atom stereocenters. The van der Waals surface area contributed by atoms with Crippen molar-refractivity contribution in [3.8, 4) is 11.5 Å². The van der Waals surface area contributed by atoms with Crippen LogP contribution in [0.2, 0.25) is 0 Å². The molecular weight excluding hydrogens is 304 g/mol. The Kier molecular flexibility index (Phi) is 4.56. The highest BCUT2D eigenvalue weighted by Crippen LogP contribution is 2.31. The maximum Gasteiger partial charge on any atom is 0.282 e. The number of rotatable bonds is 5. The maximum atomic E-state index is 12.6. The number of nitrogens with zero attached hydrogens (tertiary/aromatic N) is 2. The lowest BCUT2D eigenvalue weighted by Crippen LogP contribution is -2.48. The van der Waals surface area contributed by atoms with Crippen LogP contribution >= 0.6 is 0 Å². The summed E-state index contributed by atoms with van der Waals surface area (Å²) in [6.07, 6.45) is 1.59. The van der Waals surface area contributed by atoms with Crippen LogP contribution in [-0.2, 0) is 10.2 Å². The summed E-state index contributed by atoms with van der Waals surface area (Å²) in [6.45, 7) is 4.19. The third-order valence-corrected chi connectivity index (χ3v) is 6.12. The summed E-state index contributed by atoms with van der Waals surface area (Å²) in [7, 11) is -3.40. The van der Waals surface area contributed by atoms with E-state index >= 15 is 0 Å². The minimum atomic E-state index is -3.40. The first kappa shape index (κ1) is 15.6.